The number of rotatable bonds is 6. The van der Waals surface area contributed by atoms with Crippen LogP contribution in [0.15, 0.2) is 46.9 Å². The summed E-state index contributed by atoms with van der Waals surface area (Å²) in [6, 6.07) is 10.6. The fraction of sp³-hybridized carbons (Fsp3) is 0.167. The van der Waals surface area contributed by atoms with Gasteiger partial charge in [-0.3, -0.25) is 9.59 Å². The molecule has 0 bridgehead atoms. The highest BCUT2D eigenvalue weighted by molar-refractivity contribution is 9.10. The quantitative estimate of drug-likeness (QED) is 0.700. The van der Waals surface area contributed by atoms with Gasteiger partial charge in [-0.05, 0) is 35.9 Å². The molecule has 0 spiro atoms. The Labute approximate surface area is 157 Å². The second-order valence-electron chi connectivity index (χ2n) is 5.36. The van der Waals surface area contributed by atoms with Gasteiger partial charge in [-0.15, -0.1) is 0 Å². The first-order valence-corrected chi connectivity index (χ1v) is 8.40. The zero-order valence-corrected chi connectivity index (χ0v) is 15.4. The summed E-state index contributed by atoms with van der Waals surface area (Å²) in [6.45, 7) is 1.23. The summed E-state index contributed by atoms with van der Waals surface area (Å²) in [5.74, 6) is -2.08. The van der Waals surface area contributed by atoms with Crippen molar-refractivity contribution in [1.82, 2.24) is 5.32 Å². The highest BCUT2D eigenvalue weighted by Crippen LogP contribution is 2.19. The maximum atomic E-state index is 13.6. The molecule has 0 aromatic heterocycles. The molecular formula is C18H16BrFN2O4. The number of carbonyl (C=O) groups is 3. The van der Waals surface area contributed by atoms with Gasteiger partial charge in [0.2, 0.25) is 5.91 Å². The summed E-state index contributed by atoms with van der Waals surface area (Å²) >= 11 is 3.12. The molecular weight excluding hydrogens is 407 g/mol. The lowest BCUT2D eigenvalue weighted by atomic mass is 10.1. The van der Waals surface area contributed by atoms with Crippen LogP contribution in [0.3, 0.4) is 0 Å². The first-order chi connectivity index (χ1) is 12.3. The van der Waals surface area contributed by atoms with Crippen molar-refractivity contribution in [2.24, 2.45) is 0 Å². The summed E-state index contributed by atoms with van der Waals surface area (Å²) in [7, 11) is 0. The van der Waals surface area contributed by atoms with Gasteiger partial charge in [-0.1, -0.05) is 28.1 Å². The molecule has 136 valence electrons. The van der Waals surface area contributed by atoms with Crippen LogP contribution in [0.5, 0.6) is 0 Å². The molecule has 2 rings (SSSR count). The monoisotopic (exact) mass is 422 g/mol. The molecule has 2 amide bonds. The fourth-order valence-electron chi connectivity index (χ4n) is 1.98. The SMILES string of the molecule is CC(=O)NCc1ccc(C(=O)OCC(=O)Nc2ccc(Br)cc2F)cc1. The molecule has 2 aromatic carbocycles. The van der Waals surface area contributed by atoms with Gasteiger partial charge in [0.15, 0.2) is 6.61 Å². The van der Waals surface area contributed by atoms with E-state index in [0.717, 1.165) is 5.56 Å². The first kappa shape index (κ1) is 19.6. The topological polar surface area (TPSA) is 84.5 Å². The fourth-order valence-corrected chi connectivity index (χ4v) is 2.31. The number of hydrogen-bond acceptors (Lipinski definition) is 4. The minimum absolute atomic E-state index is 0.00317. The van der Waals surface area contributed by atoms with Crippen LogP contribution in [0.2, 0.25) is 0 Å². The van der Waals surface area contributed by atoms with Crippen LogP contribution in [-0.4, -0.2) is 24.4 Å². The Morgan fingerprint density at radius 1 is 1.12 bits per heavy atom. The highest BCUT2D eigenvalue weighted by Gasteiger charge is 2.12. The van der Waals surface area contributed by atoms with Crippen LogP contribution >= 0.6 is 15.9 Å². The molecule has 0 saturated carbocycles. The van der Waals surface area contributed by atoms with E-state index in [9.17, 15) is 18.8 Å². The van der Waals surface area contributed by atoms with E-state index < -0.39 is 24.3 Å². The van der Waals surface area contributed by atoms with Crippen LogP contribution in [0.4, 0.5) is 10.1 Å². The predicted octanol–water partition coefficient (Wildman–Crippen LogP) is 3.02. The summed E-state index contributed by atoms with van der Waals surface area (Å²) < 4.78 is 19.1. The number of hydrogen-bond donors (Lipinski definition) is 2. The molecule has 6 nitrogen and oxygen atoms in total. The lowest BCUT2D eigenvalue weighted by molar-refractivity contribution is -0.119. The number of anilines is 1. The number of benzene rings is 2. The van der Waals surface area contributed by atoms with E-state index in [4.69, 9.17) is 4.74 Å². The average Bonchev–Trinajstić information content (AvgIpc) is 2.60. The summed E-state index contributed by atoms with van der Waals surface area (Å²) in [4.78, 5) is 34.6. The summed E-state index contributed by atoms with van der Waals surface area (Å²) in [5, 5.41) is 4.97. The lowest BCUT2D eigenvalue weighted by Gasteiger charge is -2.08. The van der Waals surface area contributed by atoms with Crippen LogP contribution < -0.4 is 10.6 Å². The van der Waals surface area contributed by atoms with E-state index in [1.165, 1.54) is 31.2 Å². The molecule has 0 atom stereocenters. The van der Waals surface area contributed by atoms with E-state index in [1.807, 2.05) is 0 Å². The minimum Gasteiger partial charge on any atom is -0.452 e. The number of esters is 1. The van der Waals surface area contributed by atoms with Gasteiger partial charge in [-0.2, -0.15) is 0 Å². The van der Waals surface area contributed by atoms with Crippen LogP contribution in [-0.2, 0) is 20.9 Å². The number of nitrogens with one attached hydrogen (secondary N) is 2. The molecule has 0 unspecified atom stereocenters. The number of ether oxygens (including phenoxy) is 1. The van der Waals surface area contributed by atoms with Crippen molar-refractivity contribution in [2.45, 2.75) is 13.5 Å². The Morgan fingerprint density at radius 3 is 2.42 bits per heavy atom. The molecule has 0 aliphatic heterocycles. The van der Waals surface area contributed by atoms with E-state index >= 15 is 0 Å². The second-order valence-corrected chi connectivity index (χ2v) is 6.27. The van der Waals surface area contributed by atoms with Crippen molar-refractivity contribution >= 4 is 39.4 Å². The Bertz CT molecular complexity index is 824. The van der Waals surface area contributed by atoms with Gasteiger partial charge in [0.05, 0.1) is 11.3 Å². The molecule has 0 saturated heterocycles. The molecule has 26 heavy (non-hydrogen) atoms. The van der Waals surface area contributed by atoms with Gasteiger partial charge < -0.3 is 15.4 Å². The minimum atomic E-state index is -0.678. The number of halogens is 2. The Morgan fingerprint density at radius 2 is 1.81 bits per heavy atom. The summed E-state index contributed by atoms with van der Waals surface area (Å²) in [6.07, 6.45) is 0. The maximum Gasteiger partial charge on any atom is 0.338 e. The lowest BCUT2D eigenvalue weighted by Crippen LogP contribution is -2.21. The third-order valence-electron chi connectivity index (χ3n) is 3.27. The molecule has 8 heteroatoms. The van der Waals surface area contributed by atoms with Crippen molar-refractivity contribution < 1.29 is 23.5 Å². The zero-order chi connectivity index (χ0) is 19.1. The molecule has 2 N–H and O–H groups in total. The standard InChI is InChI=1S/C18H16BrFN2O4/c1-11(23)21-9-12-2-4-13(5-3-12)18(25)26-10-17(24)22-16-7-6-14(19)8-15(16)20/h2-8H,9-10H2,1H3,(H,21,23)(H,22,24). The van der Waals surface area contributed by atoms with E-state index in [-0.39, 0.29) is 17.2 Å². The predicted molar refractivity (Wildman–Crippen MR) is 97.0 cm³/mol. The van der Waals surface area contributed by atoms with Gasteiger partial charge >= 0.3 is 5.97 Å². The molecule has 0 radical (unpaired) electrons. The Balaban J connectivity index is 1.85. The molecule has 0 fully saturated rings. The molecule has 0 heterocycles. The van der Waals surface area contributed by atoms with Gasteiger partial charge in [-0.25, -0.2) is 9.18 Å². The molecule has 0 aliphatic rings. The first-order valence-electron chi connectivity index (χ1n) is 7.60. The second kappa shape index (κ2) is 9.10. The number of carbonyl (C=O) groups excluding carboxylic acids is 3. The molecule has 0 aliphatic carbocycles. The third-order valence-corrected chi connectivity index (χ3v) is 3.76. The van der Waals surface area contributed by atoms with Crippen molar-refractivity contribution in [2.75, 3.05) is 11.9 Å². The third kappa shape index (κ3) is 5.96. The van der Waals surface area contributed by atoms with E-state index in [0.29, 0.717) is 11.0 Å². The van der Waals surface area contributed by atoms with Gasteiger partial charge in [0.1, 0.15) is 5.82 Å². The van der Waals surface area contributed by atoms with Crippen LogP contribution in [0.25, 0.3) is 0 Å². The maximum absolute atomic E-state index is 13.6. The van der Waals surface area contributed by atoms with Gasteiger partial charge in [0, 0.05) is 17.9 Å². The Hall–Kier alpha value is -2.74. The van der Waals surface area contributed by atoms with Crippen LogP contribution in [0, 0.1) is 5.82 Å². The zero-order valence-electron chi connectivity index (χ0n) is 13.8. The van der Waals surface area contributed by atoms with E-state index in [2.05, 4.69) is 26.6 Å². The normalized spacial score (nSPS) is 10.1. The highest BCUT2D eigenvalue weighted by atomic mass is 79.9. The van der Waals surface area contributed by atoms with Crippen molar-refractivity contribution in [3.63, 3.8) is 0 Å². The average molecular weight is 423 g/mol. The van der Waals surface area contributed by atoms with Gasteiger partial charge in [0.25, 0.3) is 5.91 Å². The van der Waals surface area contributed by atoms with Crippen molar-refractivity contribution in [3.8, 4) is 0 Å². The smallest absolute Gasteiger partial charge is 0.338 e. The number of amides is 2. The largest absolute Gasteiger partial charge is 0.452 e. The molecule has 2 aromatic rings. The Kier molecular flexibility index (Phi) is 6.85. The van der Waals surface area contributed by atoms with Crippen LogP contribution in [0.1, 0.15) is 22.8 Å². The van der Waals surface area contributed by atoms with E-state index in [1.54, 1.807) is 18.2 Å². The van der Waals surface area contributed by atoms with Crippen molar-refractivity contribution in [3.05, 3.63) is 63.9 Å². The summed E-state index contributed by atoms with van der Waals surface area (Å²) in [5.41, 5.74) is 1.08. The van der Waals surface area contributed by atoms with Crippen molar-refractivity contribution in [1.29, 1.82) is 0 Å².